The maximum atomic E-state index is 12.3. The predicted octanol–water partition coefficient (Wildman–Crippen LogP) is 3.01. The van der Waals surface area contributed by atoms with Crippen LogP contribution >= 0.6 is 23.2 Å². The number of aliphatic hydroxyl groups excluding tert-OH is 1. The first-order chi connectivity index (χ1) is 13.0. The summed E-state index contributed by atoms with van der Waals surface area (Å²) < 4.78 is 0. The molecule has 0 heterocycles. The lowest BCUT2D eigenvalue weighted by Gasteiger charge is -2.18. The smallest absolute Gasteiger partial charge is 0.319 e. The number of carbonyl (C=O) groups is 1. The Morgan fingerprint density at radius 3 is 2.30 bits per heavy atom. The van der Waals surface area contributed by atoms with Gasteiger partial charge >= 0.3 is 6.03 Å². The summed E-state index contributed by atoms with van der Waals surface area (Å²) in [5, 5.41) is 19.1. The van der Waals surface area contributed by atoms with Crippen LogP contribution in [0.2, 0.25) is 10.0 Å². The van der Waals surface area contributed by atoms with Crippen molar-refractivity contribution in [2.75, 3.05) is 18.5 Å². The predicted molar refractivity (Wildman–Crippen MR) is 107 cm³/mol. The van der Waals surface area contributed by atoms with E-state index < -0.39 is 12.1 Å². The van der Waals surface area contributed by atoms with Crippen molar-refractivity contribution in [3.05, 3.63) is 64.1 Å². The van der Waals surface area contributed by atoms with E-state index in [4.69, 9.17) is 38.9 Å². The number of oxime groups is 1. The molecule has 0 radical (unpaired) electrons. The summed E-state index contributed by atoms with van der Waals surface area (Å²) in [6.45, 7) is -0.186. The zero-order valence-electron chi connectivity index (χ0n) is 14.4. The van der Waals surface area contributed by atoms with Crippen molar-refractivity contribution >= 4 is 40.8 Å². The molecule has 0 unspecified atom stereocenters. The summed E-state index contributed by atoms with van der Waals surface area (Å²) in [7, 11) is 0. The fourth-order valence-corrected chi connectivity index (χ4v) is 2.42. The van der Waals surface area contributed by atoms with Crippen LogP contribution in [0.5, 0.6) is 0 Å². The fourth-order valence-electron chi connectivity index (χ4n) is 2.17. The van der Waals surface area contributed by atoms with Crippen molar-refractivity contribution in [3.63, 3.8) is 0 Å². The molecule has 0 aromatic heterocycles. The molecule has 144 valence electrons. The average Bonchev–Trinajstić information content (AvgIpc) is 2.65. The van der Waals surface area contributed by atoms with Crippen LogP contribution in [0.25, 0.3) is 0 Å². The van der Waals surface area contributed by atoms with Crippen LogP contribution in [-0.2, 0) is 11.3 Å². The summed E-state index contributed by atoms with van der Waals surface area (Å²) in [5.74, 6) is 0.0738. The molecular weight excluding hydrogens is 391 g/mol. The Kier molecular flexibility index (Phi) is 8.19. The largest absolute Gasteiger partial charge is 0.393 e. The molecule has 0 aliphatic heterocycles. The highest BCUT2D eigenvalue weighted by atomic mass is 35.5. The Balaban J connectivity index is 2.07. The second kappa shape index (κ2) is 10.6. The van der Waals surface area contributed by atoms with Crippen molar-refractivity contribution in [1.82, 2.24) is 5.32 Å². The van der Waals surface area contributed by atoms with E-state index in [9.17, 15) is 4.79 Å². The summed E-state index contributed by atoms with van der Waals surface area (Å²) in [6.07, 6.45) is 0.378. The van der Waals surface area contributed by atoms with Crippen molar-refractivity contribution in [2.45, 2.75) is 12.5 Å². The third-order valence-corrected chi connectivity index (χ3v) is 3.97. The van der Waals surface area contributed by atoms with Gasteiger partial charge in [0.15, 0.2) is 5.84 Å². The van der Waals surface area contributed by atoms with Gasteiger partial charge in [-0.2, -0.15) is 0 Å². The molecule has 0 saturated heterocycles. The van der Waals surface area contributed by atoms with Crippen LogP contribution < -0.4 is 16.4 Å². The van der Waals surface area contributed by atoms with Crippen molar-refractivity contribution in [2.24, 2.45) is 10.9 Å². The Bertz CT molecular complexity index is 767. The second-order valence-corrected chi connectivity index (χ2v) is 6.43. The first-order valence-corrected chi connectivity index (χ1v) is 8.87. The summed E-state index contributed by atoms with van der Waals surface area (Å²) in [6, 6.07) is 12.8. The zero-order chi connectivity index (χ0) is 19.6. The average molecular weight is 411 g/mol. The van der Waals surface area contributed by atoms with Crippen LogP contribution in [0.1, 0.15) is 5.56 Å². The van der Waals surface area contributed by atoms with Gasteiger partial charge in [0.05, 0.1) is 12.6 Å². The van der Waals surface area contributed by atoms with Crippen molar-refractivity contribution in [1.29, 1.82) is 0 Å². The van der Waals surface area contributed by atoms with E-state index in [0.29, 0.717) is 22.2 Å². The van der Waals surface area contributed by atoms with Gasteiger partial charge in [-0.25, -0.2) is 4.79 Å². The minimum atomic E-state index is -0.628. The van der Waals surface area contributed by atoms with Crippen LogP contribution in [0.3, 0.4) is 0 Å². The minimum absolute atomic E-state index is 0.00529. The van der Waals surface area contributed by atoms with Gasteiger partial charge in [-0.05, 0) is 42.0 Å². The standard InChI is InChI=1S/C18H20Cl2N4O3/c19-13-3-1-12(2-4-13)11-16(17(21)24-27-10-9-25)23-18(26)22-15-7-5-14(20)6-8-15/h1-8,16,25H,9-11H2,(H2,21,24)(H2,22,23,26)/t16-/m0/s1. The molecule has 1 atom stereocenters. The number of halogens is 2. The molecule has 7 nitrogen and oxygen atoms in total. The quantitative estimate of drug-likeness (QED) is 0.232. The number of hydrogen-bond donors (Lipinski definition) is 4. The van der Waals surface area contributed by atoms with E-state index in [1.807, 2.05) is 12.1 Å². The molecule has 9 heteroatoms. The number of amides is 2. The van der Waals surface area contributed by atoms with E-state index >= 15 is 0 Å². The van der Waals surface area contributed by atoms with E-state index in [2.05, 4.69) is 15.8 Å². The van der Waals surface area contributed by atoms with Gasteiger partial charge in [-0.3, -0.25) is 0 Å². The third-order valence-electron chi connectivity index (χ3n) is 3.47. The molecule has 0 fully saturated rings. The number of nitrogens with one attached hydrogen (secondary N) is 2. The van der Waals surface area contributed by atoms with Gasteiger partial charge in [-0.15, -0.1) is 0 Å². The highest BCUT2D eigenvalue weighted by Crippen LogP contribution is 2.14. The van der Waals surface area contributed by atoms with Crippen LogP contribution in [0.4, 0.5) is 10.5 Å². The monoisotopic (exact) mass is 410 g/mol. The fraction of sp³-hybridized carbons (Fsp3) is 0.222. The number of aliphatic hydroxyl groups is 1. The third kappa shape index (κ3) is 7.34. The van der Waals surface area contributed by atoms with Gasteiger partial charge in [0.2, 0.25) is 0 Å². The lowest BCUT2D eigenvalue weighted by Crippen LogP contribution is -2.47. The molecule has 2 aromatic rings. The normalized spacial score (nSPS) is 12.3. The highest BCUT2D eigenvalue weighted by Gasteiger charge is 2.18. The maximum absolute atomic E-state index is 12.3. The number of nitrogens with two attached hydrogens (primary N) is 1. The van der Waals surface area contributed by atoms with Crippen LogP contribution in [0.15, 0.2) is 53.7 Å². The molecule has 2 rings (SSSR count). The number of benzene rings is 2. The number of amidine groups is 1. The van der Waals surface area contributed by atoms with E-state index in [1.165, 1.54) is 0 Å². The van der Waals surface area contributed by atoms with Crippen LogP contribution in [0, 0.1) is 0 Å². The number of hydrogen-bond acceptors (Lipinski definition) is 4. The Morgan fingerprint density at radius 1 is 1.11 bits per heavy atom. The lowest BCUT2D eigenvalue weighted by molar-refractivity contribution is 0.0975. The Morgan fingerprint density at radius 2 is 1.70 bits per heavy atom. The number of anilines is 1. The lowest BCUT2D eigenvalue weighted by atomic mass is 10.1. The second-order valence-electron chi connectivity index (χ2n) is 5.56. The molecule has 0 aliphatic rings. The van der Waals surface area contributed by atoms with Gasteiger partial charge in [0.1, 0.15) is 6.61 Å². The van der Waals surface area contributed by atoms with Crippen molar-refractivity contribution in [3.8, 4) is 0 Å². The number of urea groups is 1. The molecule has 0 saturated carbocycles. The van der Waals surface area contributed by atoms with E-state index in [0.717, 1.165) is 5.56 Å². The molecule has 0 spiro atoms. The van der Waals surface area contributed by atoms with E-state index in [1.54, 1.807) is 36.4 Å². The van der Waals surface area contributed by atoms with E-state index in [-0.39, 0.29) is 19.0 Å². The molecule has 0 bridgehead atoms. The van der Waals surface area contributed by atoms with Crippen molar-refractivity contribution < 1.29 is 14.7 Å². The molecule has 0 aliphatic carbocycles. The maximum Gasteiger partial charge on any atom is 0.319 e. The molecular formula is C18H20Cl2N4O3. The van der Waals surface area contributed by atoms with Crippen LogP contribution in [-0.4, -0.2) is 36.2 Å². The Labute approximate surface area is 167 Å². The molecule has 5 N–H and O–H groups in total. The highest BCUT2D eigenvalue weighted by molar-refractivity contribution is 6.30. The zero-order valence-corrected chi connectivity index (χ0v) is 15.9. The summed E-state index contributed by atoms with van der Waals surface area (Å²) in [5.41, 5.74) is 7.43. The number of nitrogens with zero attached hydrogens (tertiary/aromatic N) is 1. The first kappa shape index (κ1) is 20.8. The van der Waals surface area contributed by atoms with Gasteiger partial charge in [0.25, 0.3) is 0 Å². The van der Waals surface area contributed by atoms with Gasteiger partial charge in [0, 0.05) is 22.2 Å². The minimum Gasteiger partial charge on any atom is -0.393 e. The first-order valence-electron chi connectivity index (χ1n) is 8.11. The van der Waals surface area contributed by atoms with Gasteiger partial charge in [-0.1, -0.05) is 40.5 Å². The Hall–Kier alpha value is -2.48. The number of carbonyl (C=O) groups excluding carboxylic acids is 1. The van der Waals surface area contributed by atoms with Gasteiger partial charge < -0.3 is 26.3 Å². The summed E-state index contributed by atoms with van der Waals surface area (Å²) in [4.78, 5) is 17.2. The summed E-state index contributed by atoms with van der Waals surface area (Å²) >= 11 is 11.7. The molecule has 2 amide bonds. The molecule has 27 heavy (non-hydrogen) atoms. The number of rotatable bonds is 8. The SMILES string of the molecule is N/C(=N\OCCO)[C@H](Cc1ccc(Cl)cc1)NC(=O)Nc1ccc(Cl)cc1. The molecule has 2 aromatic carbocycles. The topological polar surface area (TPSA) is 109 Å².